The Labute approximate surface area is 135 Å². The maximum absolute atomic E-state index is 12.9. The number of rotatable bonds is 5. The van der Waals surface area contributed by atoms with Crippen LogP contribution in [-0.2, 0) is 16.6 Å². The van der Waals surface area contributed by atoms with Gasteiger partial charge in [0.05, 0.1) is 6.54 Å². The molecule has 5 nitrogen and oxygen atoms in total. The van der Waals surface area contributed by atoms with Crippen LogP contribution in [0, 0.1) is 0 Å². The van der Waals surface area contributed by atoms with E-state index in [4.69, 9.17) is 4.42 Å². The highest BCUT2D eigenvalue weighted by molar-refractivity contribution is 9.10. The first-order valence-corrected chi connectivity index (χ1v) is 9.71. The average molecular weight is 379 g/mol. The molecule has 0 radical (unpaired) electrons. The van der Waals surface area contributed by atoms with Gasteiger partial charge in [0, 0.05) is 18.7 Å². The maximum Gasteiger partial charge on any atom is 0.247 e. The van der Waals surface area contributed by atoms with Gasteiger partial charge in [-0.2, -0.15) is 4.31 Å². The molecule has 0 aliphatic carbocycles. The smallest absolute Gasteiger partial charge is 0.247 e. The molecule has 0 spiro atoms. The normalized spacial score (nSPS) is 21.4. The molecule has 7 heteroatoms. The van der Waals surface area contributed by atoms with Gasteiger partial charge in [0.2, 0.25) is 10.0 Å². The summed E-state index contributed by atoms with van der Waals surface area (Å²) in [5, 5.41) is 3.13. The fourth-order valence-electron chi connectivity index (χ4n) is 2.64. The predicted octanol–water partition coefficient (Wildman–Crippen LogP) is 3.10. The minimum Gasteiger partial charge on any atom is -0.452 e. The molecule has 0 amide bonds. The van der Waals surface area contributed by atoms with E-state index in [0.29, 0.717) is 23.5 Å². The molecular weight excluding hydrogens is 356 g/mol. The lowest BCUT2D eigenvalue weighted by Gasteiger charge is -2.25. The summed E-state index contributed by atoms with van der Waals surface area (Å²) in [6.45, 7) is 5.90. The standard InChI is InChI=1S/C14H23BrN2O3S/c1-3-16-10-12-9-13(14(15)20-12)21(18,19)17-8-6-4-5-7-11(17)2/h9,11,16H,3-8,10H2,1-2H3. The molecule has 1 aliphatic heterocycles. The zero-order valence-electron chi connectivity index (χ0n) is 12.6. The van der Waals surface area contributed by atoms with E-state index >= 15 is 0 Å². The molecule has 1 N–H and O–H groups in total. The zero-order chi connectivity index (χ0) is 15.5. The Hall–Kier alpha value is -0.370. The molecule has 1 fully saturated rings. The summed E-state index contributed by atoms with van der Waals surface area (Å²) in [4.78, 5) is 0.240. The van der Waals surface area contributed by atoms with E-state index in [1.165, 1.54) is 0 Å². The molecule has 1 unspecified atom stereocenters. The highest BCUT2D eigenvalue weighted by atomic mass is 79.9. The maximum atomic E-state index is 12.9. The van der Waals surface area contributed by atoms with Crippen molar-refractivity contribution in [2.75, 3.05) is 13.1 Å². The van der Waals surface area contributed by atoms with Crippen LogP contribution in [0.2, 0.25) is 0 Å². The summed E-state index contributed by atoms with van der Waals surface area (Å²) in [5.41, 5.74) is 0. The first-order chi connectivity index (χ1) is 9.96. The van der Waals surface area contributed by atoms with Gasteiger partial charge in [0.1, 0.15) is 10.7 Å². The first-order valence-electron chi connectivity index (χ1n) is 7.47. The lowest BCUT2D eigenvalue weighted by atomic mass is 10.1. The second kappa shape index (κ2) is 7.26. The predicted molar refractivity (Wildman–Crippen MR) is 85.6 cm³/mol. The molecule has 1 aliphatic rings. The molecule has 120 valence electrons. The monoisotopic (exact) mass is 378 g/mol. The topological polar surface area (TPSA) is 62.6 Å². The van der Waals surface area contributed by atoms with E-state index in [9.17, 15) is 8.42 Å². The molecule has 1 aromatic rings. The van der Waals surface area contributed by atoms with Crippen LogP contribution < -0.4 is 5.32 Å². The first kappa shape index (κ1) is 17.0. The summed E-state index contributed by atoms with van der Waals surface area (Å²) in [5.74, 6) is 0.629. The van der Waals surface area contributed by atoms with Crippen LogP contribution in [0.3, 0.4) is 0 Å². The van der Waals surface area contributed by atoms with Gasteiger partial charge >= 0.3 is 0 Å². The molecule has 1 aromatic heterocycles. The van der Waals surface area contributed by atoms with Crippen LogP contribution in [0.15, 0.2) is 20.0 Å². The minimum atomic E-state index is -3.50. The number of sulfonamides is 1. The Bertz CT molecular complexity index is 571. The number of halogens is 1. The van der Waals surface area contributed by atoms with Crippen molar-refractivity contribution in [2.24, 2.45) is 0 Å². The van der Waals surface area contributed by atoms with Gasteiger partial charge in [-0.3, -0.25) is 0 Å². The van der Waals surface area contributed by atoms with Crippen molar-refractivity contribution in [3.63, 3.8) is 0 Å². The van der Waals surface area contributed by atoms with Crippen LogP contribution in [-0.4, -0.2) is 31.9 Å². The minimum absolute atomic E-state index is 0.0384. The Balaban J connectivity index is 2.27. The van der Waals surface area contributed by atoms with Crippen molar-refractivity contribution in [1.29, 1.82) is 0 Å². The summed E-state index contributed by atoms with van der Waals surface area (Å²) in [6, 6.07) is 1.66. The molecule has 1 saturated heterocycles. The summed E-state index contributed by atoms with van der Waals surface area (Å²) >= 11 is 3.25. The van der Waals surface area contributed by atoms with E-state index in [0.717, 1.165) is 32.2 Å². The molecule has 21 heavy (non-hydrogen) atoms. The summed E-state index contributed by atoms with van der Waals surface area (Å²) in [6.07, 6.45) is 4.02. The van der Waals surface area contributed by atoms with Gasteiger partial charge in [-0.1, -0.05) is 19.8 Å². The van der Waals surface area contributed by atoms with E-state index in [-0.39, 0.29) is 10.9 Å². The molecule has 0 bridgehead atoms. The third-order valence-electron chi connectivity index (χ3n) is 3.83. The van der Waals surface area contributed by atoms with Gasteiger partial charge < -0.3 is 9.73 Å². The van der Waals surface area contributed by atoms with Gasteiger partial charge in [-0.25, -0.2) is 8.42 Å². The van der Waals surface area contributed by atoms with Crippen LogP contribution in [0.1, 0.15) is 45.3 Å². The second-order valence-electron chi connectivity index (χ2n) is 5.45. The van der Waals surface area contributed by atoms with Crippen molar-refractivity contribution in [1.82, 2.24) is 9.62 Å². The molecule has 1 atom stereocenters. The van der Waals surface area contributed by atoms with Gasteiger partial charge in [-0.15, -0.1) is 0 Å². The van der Waals surface area contributed by atoms with E-state index < -0.39 is 10.0 Å². The third kappa shape index (κ3) is 3.88. The molecule has 0 saturated carbocycles. The Morgan fingerprint density at radius 1 is 1.43 bits per heavy atom. The number of furan rings is 1. The van der Waals surface area contributed by atoms with Crippen molar-refractivity contribution in [3.05, 3.63) is 16.5 Å². The second-order valence-corrected chi connectivity index (χ2v) is 8.02. The van der Waals surface area contributed by atoms with Crippen molar-refractivity contribution in [3.8, 4) is 0 Å². The number of nitrogens with one attached hydrogen (secondary N) is 1. The lowest BCUT2D eigenvalue weighted by molar-refractivity contribution is 0.341. The Morgan fingerprint density at radius 3 is 2.90 bits per heavy atom. The van der Waals surface area contributed by atoms with E-state index in [1.807, 2.05) is 13.8 Å². The lowest BCUT2D eigenvalue weighted by Crippen LogP contribution is -2.38. The third-order valence-corrected chi connectivity index (χ3v) is 6.70. The van der Waals surface area contributed by atoms with Crippen molar-refractivity contribution < 1.29 is 12.8 Å². The van der Waals surface area contributed by atoms with Crippen LogP contribution >= 0.6 is 15.9 Å². The van der Waals surface area contributed by atoms with Crippen LogP contribution in [0.4, 0.5) is 0 Å². The highest BCUT2D eigenvalue weighted by Gasteiger charge is 2.33. The van der Waals surface area contributed by atoms with Gasteiger partial charge in [-0.05, 0) is 42.2 Å². The van der Waals surface area contributed by atoms with E-state index in [2.05, 4.69) is 21.2 Å². The fraction of sp³-hybridized carbons (Fsp3) is 0.714. The number of hydrogen-bond acceptors (Lipinski definition) is 4. The Kier molecular flexibility index (Phi) is 5.88. The summed E-state index contributed by atoms with van der Waals surface area (Å²) < 4.78 is 33.2. The average Bonchev–Trinajstić information content (AvgIpc) is 2.67. The molecule has 2 rings (SSSR count). The number of nitrogens with zero attached hydrogens (tertiary/aromatic N) is 1. The Morgan fingerprint density at radius 2 is 2.19 bits per heavy atom. The molecular formula is C14H23BrN2O3S. The van der Waals surface area contributed by atoms with Crippen LogP contribution in [0.5, 0.6) is 0 Å². The fourth-order valence-corrected chi connectivity index (χ4v) is 5.30. The SMILES string of the molecule is CCNCc1cc(S(=O)(=O)N2CCCCCC2C)c(Br)o1. The van der Waals surface area contributed by atoms with Crippen molar-refractivity contribution >= 4 is 26.0 Å². The van der Waals surface area contributed by atoms with E-state index in [1.54, 1.807) is 10.4 Å². The highest BCUT2D eigenvalue weighted by Crippen LogP contribution is 2.31. The van der Waals surface area contributed by atoms with Gasteiger partial charge in [0.25, 0.3) is 0 Å². The van der Waals surface area contributed by atoms with Crippen LogP contribution in [0.25, 0.3) is 0 Å². The van der Waals surface area contributed by atoms with Gasteiger partial charge in [0.15, 0.2) is 4.67 Å². The largest absolute Gasteiger partial charge is 0.452 e. The summed E-state index contributed by atoms with van der Waals surface area (Å²) in [7, 11) is -3.50. The zero-order valence-corrected chi connectivity index (χ0v) is 15.0. The van der Waals surface area contributed by atoms with Crippen molar-refractivity contribution in [2.45, 2.75) is 57.0 Å². The molecule has 0 aromatic carbocycles. The quantitative estimate of drug-likeness (QED) is 0.854. The molecule has 2 heterocycles. The number of hydrogen-bond donors (Lipinski definition) is 1.